The van der Waals surface area contributed by atoms with Crippen LogP contribution in [-0.2, 0) is 19.1 Å². The Labute approximate surface area is 179 Å². The van der Waals surface area contributed by atoms with Crippen molar-refractivity contribution in [2.24, 2.45) is 5.92 Å². The molecule has 1 atom stereocenters. The van der Waals surface area contributed by atoms with Gasteiger partial charge in [0.1, 0.15) is 6.61 Å². The van der Waals surface area contributed by atoms with Crippen LogP contribution in [0, 0.1) is 5.92 Å². The van der Waals surface area contributed by atoms with Crippen LogP contribution in [0.2, 0.25) is 0 Å². The first-order valence-corrected chi connectivity index (χ1v) is 10.1. The minimum atomic E-state index is -1.16. The van der Waals surface area contributed by atoms with Crippen molar-refractivity contribution < 1.29 is 34.1 Å². The first-order valence-electron chi connectivity index (χ1n) is 10.1. The molecule has 0 saturated carbocycles. The van der Waals surface area contributed by atoms with Crippen molar-refractivity contribution in [2.75, 3.05) is 26.4 Å². The SMILES string of the molecule is O=C(O)CC(CCOCCNC(=O)OCC1c2ccccc2-c2ccccc21)C(=O)O. The predicted octanol–water partition coefficient (Wildman–Crippen LogP) is 3.11. The maximum absolute atomic E-state index is 12.0. The Bertz CT molecular complexity index is 898. The van der Waals surface area contributed by atoms with Gasteiger partial charge >= 0.3 is 18.0 Å². The van der Waals surface area contributed by atoms with Crippen molar-refractivity contribution in [3.8, 4) is 11.1 Å². The molecule has 0 aliphatic heterocycles. The van der Waals surface area contributed by atoms with E-state index < -0.39 is 30.4 Å². The van der Waals surface area contributed by atoms with Gasteiger partial charge < -0.3 is 25.0 Å². The Hall–Kier alpha value is -3.39. The molecule has 1 aliphatic carbocycles. The highest BCUT2D eigenvalue weighted by Crippen LogP contribution is 2.44. The fraction of sp³-hybridized carbons (Fsp3) is 0.348. The van der Waals surface area contributed by atoms with E-state index >= 15 is 0 Å². The number of carbonyl (C=O) groups excluding carboxylic acids is 1. The number of carbonyl (C=O) groups is 3. The molecule has 3 rings (SSSR count). The summed E-state index contributed by atoms with van der Waals surface area (Å²) < 4.78 is 10.7. The minimum Gasteiger partial charge on any atom is -0.481 e. The zero-order valence-electron chi connectivity index (χ0n) is 17.0. The Morgan fingerprint density at radius 3 is 2.13 bits per heavy atom. The van der Waals surface area contributed by atoms with Crippen molar-refractivity contribution in [2.45, 2.75) is 18.8 Å². The maximum atomic E-state index is 12.0. The summed E-state index contributed by atoms with van der Waals surface area (Å²) in [5.74, 6) is -3.34. The van der Waals surface area contributed by atoms with E-state index in [0.29, 0.717) is 0 Å². The topological polar surface area (TPSA) is 122 Å². The third-order valence-corrected chi connectivity index (χ3v) is 5.24. The molecule has 0 bridgehead atoms. The molecule has 1 unspecified atom stereocenters. The van der Waals surface area contributed by atoms with E-state index in [9.17, 15) is 14.4 Å². The number of carboxylic acids is 2. The number of aliphatic carboxylic acids is 2. The standard InChI is InChI=1S/C23H25NO7/c25-21(26)13-15(22(27)28)9-11-30-12-10-24-23(29)31-14-20-18-7-3-1-5-16(18)17-6-2-4-8-19(17)20/h1-8,15,20H,9-14H2,(H,24,29)(H,25,26)(H,27,28). The van der Waals surface area contributed by atoms with Crippen LogP contribution in [0.3, 0.4) is 0 Å². The van der Waals surface area contributed by atoms with Gasteiger partial charge in [-0.15, -0.1) is 0 Å². The molecule has 0 radical (unpaired) electrons. The smallest absolute Gasteiger partial charge is 0.407 e. The second-order valence-corrected chi connectivity index (χ2v) is 7.29. The highest BCUT2D eigenvalue weighted by atomic mass is 16.5. The molecule has 1 aliphatic rings. The van der Waals surface area contributed by atoms with Crippen LogP contribution >= 0.6 is 0 Å². The zero-order chi connectivity index (χ0) is 22.2. The number of benzene rings is 2. The van der Waals surface area contributed by atoms with Gasteiger partial charge in [-0.2, -0.15) is 0 Å². The second-order valence-electron chi connectivity index (χ2n) is 7.29. The monoisotopic (exact) mass is 427 g/mol. The van der Waals surface area contributed by atoms with Gasteiger partial charge in [0.05, 0.1) is 18.9 Å². The van der Waals surface area contributed by atoms with Gasteiger partial charge in [-0.05, 0) is 28.7 Å². The van der Waals surface area contributed by atoms with Crippen LogP contribution in [-0.4, -0.2) is 54.6 Å². The van der Waals surface area contributed by atoms with E-state index in [0.717, 1.165) is 22.3 Å². The zero-order valence-corrected chi connectivity index (χ0v) is 17.0. The first-order chi connectivity index (χ1) is 15.0. The number of fused-ring (bicyclic) bond motifs is 3. The average molecular weight is 427 g/mol. The first kappa shape index (κ1) is 22.3. The summed E-state index contributed by atoms with van der Waals surface area (Å²) in [5.41, 5.74) is 4.58. The highest BCUT2D eigenvalue weighted by Gasteiger charge is 2.29. The van der Waals surface area contributed by atoms with Crippen LogP contribution < -0.4 is 5.32 Å². The number of hydrogen-bond acceptors (Lipinski definition) is 5. The van der Waals surface area contributed by atoms with E-state index in [1.165, 1.54) is 0 Å². The molecule has 31 heavy (non-hydrogen) atoms. The van der Waals surface area contributed by atoms with Crippen LogP contribution in [0.15, 0.2) is 48.5 Å². The molecule has 0 heterocycles. The third-order valence-electron chi connectivity index (χ3n) is 5.24. The van der Waals surface area contributed by atoms with E-state index in [2.05, 4.69) is 17.4 Å². The Kier molecular flexibility index (Phi) is 7.61. The molecule has 8 heteroatoms. The van der Waals surface area contributed by atoms with Gasteiger partial charge in [-0.25, -0.2) is 4.79 Å². The van der Waals surface area contributed by atoms with Crippen molar-refractivity contribution in [1.82, 2.24) is 5.32 Å². The van der Waals surface area contributed by atoms with Crippen molar-refractivity contribution in [3.05, 3.63) is 59.7 Å². The largest absolute Gasteiger partial charge is 0.481 e. The molecule has 0 saturated heterocycles. The maximum Gasteiger partial charge on any atom is 0.407 e. The lowest BCUT2D eigenvalue weighted by atomic mass is 9.98. The molecule has 2 aromatic rings. The van der Waals surface area contributed by atoms with Gasteiger partial charge in [0.25, 0.3) is 0 Å². The van der Waals surface area contributed by atoms with Gasteiger partial charge in [-0.3, -0.25) is 9.59 Å². The van der Waals surface area contributed by atoms with Crippen LogP contribution in [0.1, 0.15) is 29.9 Å². The fourth-order valence-corrected chi connectivity index (χ4v) is 3.73. The predicted molar refractivity (Wildman–Crippen MR) is 112 cm³/mol. The molecule has 0 fully saturated rings. The van der Waals surface area contributed by atoms with Crippen molar-refractivity contribution >= 4 is 18.0 Å². The van der Waals surface area contributed by atoms with Gasteiger partial charge in [0, 0.05) is 19.1 Å². The van der Waals surface area contributed by atoms with E-state index in [1.807, 2.05) is 36.4 Å². The minimum absolute atomic E-state index is 0.0170. The number of amides is 1. The highest BCUT2D eigenvalue weighted by molar-refractivity contribution is 5.79. The fourth-order valence-electron chi connectivity index (χ4n) is 3.73. The number of hydrogen-bond donors (Lipinski definition) is 3. The van der Waals surface area contributed by atoms with Gasteiger partial charge in [-0.1, -0.05) is 48.5 Å². The van der Waals surface area contributed by atoms with Crippen molar-refractivity contribution in [3.63, 3.8) is 0 Å². The van der Waals surface area contributed by atoms with E-state index in [-0.39, 0.29) is 38.7 Å². The molecule has 0 aromatic heterocycles. The summed E-state index contributed by atoms with van der Waals surface area (Å²) in [6.07, 6.45) is -0.914. The van der Waals surface area contributed by atoms with Crippen LogP contribution in [0.4, 0.5) is 4.79 Å². The lowest BCUT2D eigenvalue weighted by Crippen LogP contribution is -2.29. The molecule has 2 aromatic carbocycles. The Balaban J connectivity index is 1.39. The number of rotatable bonds is 11. The Morgan fingerprint density at radius 1 is 0.935 bits per heavy atom. The lowest BCUT2D eigenvalue weighted by molar-refractivity contribution is -0.148. The number of carboxylic acid groups (broad SMARTS) is 2. The molecular formula is C23H25NO7. The van der Waals surface area contributed by atoms with Gasteiger partial charge in [0.15, 0.2) is 0 Å². The van der Waals surface area contributed by atoms with E-state index in [1.54, 1.807) is 0 Å². The average Bonchev–Trinajstić information content (AvgIpc) is 3.07. The summed E-state index contributed by atoms with van der Waals surface area (Å²) in [6.45, 7) is 0.684. The quantitative estimate of drug-likeness (QED) is 0.471. The molecule has 164 valence electrons. The normalized spacial score (nSPS) is 13.2. The molecule has 8 nitrogen and oxygen atoms in total. The molecule has 3 N–H and O–H groups in total. The van der Waals surface area contributed by atoms with Crippen LogP contribution in [0.25, 0.3) is 11.1 Å². The molecule has 1 amide bonds. The lowest BCUT2D eigenvalue weighted by Gasteiger charge is -2.14. The van der Waals surface area contributed by atoms with Crippen molar-refractivity contribution in [1.29, 1.82) is 0 Å². The number of ether oxygens (including phenoxy) is 2. The van der Waals surface area contributed by atoms with Crippen LogP contribution in [0.5, 0.6) is 0 Å². The molecule has 0 spiro atoms. The molecular weight excluding hydrogens is 402 g/mol. The van der Waals surface area contributed by atoms with Gasteiger partial charge in [0.2, 0.25) is 0 Å². The summed E-state index contributed by atoms with van der Waals surface area (Å²) in [7, 11) is 0. The van der Waals surface area contributed by atoms with E-state index in [4.69, 9.17) is 19.7 Å². The third kappa shape index (κ3) is 5.82. The number of nitrogens with one attached hydrogen (secondary N) is 1. The second kappa shape index (κ2) is 10.6. The Morgan fingerprint density at radius 2 is 1.55 bits per heavy atom. The number of alkyl carbamates (subject to hydrolysis) is 1. The summed E-state index contributed by atoms with van der Waals surface area (Å²) in [5, 5.41) is 20.3. The summed E-state index contributed by atoms with van der Waals surface area (Å²) in [4.78, 5) is 33.7. The summed E-state index contributed by atoms with van der Waals surface area (Å²) >= 11 is 0. The summed E-state index contributed by atoms with van der Waals surface area (Å²) in [6, 6.07) is 16.2.